The van der Waals surface area contributed by atoms with E-state index < -0.39 is 90.4 Å². The maximum Gasteiger partial charge on any atom is 0.338 e. The topological polar surface area (TPSA) is 209 Å². The number of hydrogen-bond acceptors (Lipinski definition) is 12. The van der Waals surface area contributed by atoms with Crippen LogP contribution in [0.4, 0.5) is 11.4 Å². The molecule has 14 nitrogen and oxygen atoms in total. The van der Waals surface area contributed by atoms with Crippen molar-refractivity contribution in [2.24, 2.45) is 17.3 Å². The Morgan fingerprint density at radius 1 is 0.463 bits per heavy atom. The molecule has 6 aromatic carbocycles. The highest BCUT2D eigenvalue weighted by atomic mass is 16.5. The van der Waals surface area contributed by atoms with E-state index in [1.54, 1.807) is 60.7 Å². The van der Waals surface area contributed by atoms with Crippen molar-refractivity contribution in [3.05, 3.63) is 180 Å². The van der Waals surface area contributed by atoms with Crippen molar-refractivity contribution in [1.82, 2.24) is 0 Å². The van der Waals surface area contributed by atoms with E-state index in [9.17, 15) is 48.9 Å². The van der Waals surface area contributed by atoms with Crippen LogP contribution in [-0.4, -0.2) is 60.3 Å². The third-order valence-electron chi connectivity index (χ3n) is 11.8. The fraction of sp³-hybridized carbons (Fsp3) is 0.132. The Kier molecular flexibility index (Phi) is 12.6. The van der Waals surface area contributed by atoms with Crippen molar-refractivity contribution in [2.75, 3.05) is 23.0 Å². The van der Waals surface area contributed by atoms with Gasteiger partial charge in [0.05, 0.1) is 46.5 Å². The monoisotopic (exact) mass is 888 g/mol. The van der Waals surface area contributed by atoms with Gasteiger partial charge in [-0.15, -0.1) is 0 Å². The summed E-state index contributed by atoms with van der Waals surface area (Å²) in [4.78, 5) is 107. The van der Waals surface area contributed by atoms with Crippen LogP contribution in [0.5, 0.6) is 0 Å². The van der Waals surface area contributed by atoms with Crippen LogP contribution < -0.4 is 9.80 Å². The minimum absolute atomic E-state index is 0.00402. The number of benzene rings is 6. The molecule has 0 bridgehead atoms. The largest absolute Gasteiger partial charge is 0.454 e. The van der Waals surface area contributed by atoms with E-state index in [1.807, 2.05) is 60.7 Å². The van der Waals surface area contributed by atoms with E-state index in [0.29, 0.717) is 11.1 Å². The lowest BCUT2D eigenvalue weighted by atomic mass is 9.67. The Morgan fingerprint density at radius 2 is 0.776 bits per heavy atom. The number of ketones is 2. The quantitative estimate of drug-likeness (QED) is 0.0589. The van der Waals surface area contributed by atoms with Crippen LogP contribution in [0.3, 0.4) is 0 Å². The maximum atomic E-state index is 14.0. The van der Waals surface area contributed by atoms with Gasteiger partial charge in [0.25, 0.3) is 0 Å². The number of imide groups is 2. The molecule has 2 atom stereocenters. The van der Waals surface area contributed by atoms with Gasteiger partial charge in [-0.2, -0.15) is 10.5 Å². The number of carbonyl (C=O) groups is 8. The summed E-state index contributed by atoms with van der Waals surface area (Å²) in [5.41, 5.74) is 2.02. The lowest BCUT2D eigenvalue weighted by molar-refractivity contribution is -0.126. The van der Waals surface area contributed by atoms with Gasteiger partial charge in [0, 0.05) is 24.0 Å². The minimum Gasteiger partial charge on any atom is -0.454 e. The number of anilines is 2. The van der Waals surface area contributed by atoms with E-state index >= 15 is 0 Å². The summed E-state index contributed by atoms with van der Waals surface area (Å²) in [6.45, 7) is -1.09. The second-order valence-corrected chi connectivity index (χ2v) is 15.7. The van der Waals surface area contributed by atoms with Crippen molar-refractivity contribution >= 4 is 58.5 Å². The number of Topliss-reactive ketones (excluding diaryl/α,β-unsaturated/α-hetero) is 2. The highest BCUT2D eigenvalue weighted by molar-refractivity contribution is 6.24. The Bertz CT molecular complexity index is 2820. The van der Waals surface area contributed by atoms with E-state index in [1.165, 1.54) is 48.5 Å². The highest BCUT2D eigenvalue weighted by Crippen LogP contribution is 2.47. The molecule has 0 aromatic heterocycles. The molecule has 0 N–H and O–H groups in total. The van der Waals surface area contributed by atoms with Crippen LogP contribution in [0.2, 0.25) is 0 Å². The Labute approximate surface area is 383 Å². The van der Waals surface area contributed by atoms with Crippen molar-refractivity contribution in [1.29, 1.82) is 10.5 Å². The zero-order valence-electron chi connectivity index (χ0n) is 35.4. The van der Waals surface area contributed by atoms with Gasteiger partial charge in [0.15, 0.2) is 30.2 Å². The first-order chi connectivity index (χ1) is 32.4. The van der Waals surface area contributed by atoms with Gasteiger partial charge in [0.1, 0.15) is 0 Å². The van der Waals surface area contributed by atoms with Gasteiger partial charge in [0.2, 0.25) is 23.6 Å². The van der Waals surface area contributed by atoms with E-state index in [0.717, 1.165) is 32.1 Å². The van der Waals surface area contributed by atoms with Crippen molar-refractivity contribution in [3.8, 4) is 34.4 Å². The number of carbonyl (C=O) groups excluding carboxylic acids is 8. The van der Waals surface area contributed by atoms with Gasteiger partial charge in [-0.05, 0) is 70.8 Å². The standard InChI is InChI=1S/C53H36N4O10/c54-31-53(32-55,43-27-47(60)56(49(43)62)41-23-19-39(20-24-41)51(64)66-29-45(58)37-15-11-35(12-16-37)33-7-3-1-4-8-33)44-28-48(61)57(50(44)63)42-25-21-40(22-26-42)52(65)67-30-46(59)38-17-13-36(14-18-38)34-9-5-2-6-10-34/h1-26,43-44H,27-30H2. The molecule has 4 amide bonds. The van der Waals surface area contributed by atoms with E-state index in [2.05, 4.69) is 0 Å². The minimum atomic E-state index is -2.45. The molecule has 6 aromatic rings. The molecule has 67 heavy (non-hydrogen) atoms. The molecule has 2 aliphatic heterocycles. The van der Waals surface area contributed by atoms with Crippen LogP contribution in [0.15, 0.2) is 158 Å². The van der Waals surface area contributed by atoms with Crippen LogP contribution >= 0.6 is 0 Å². The molecule has 0 saturated carbocycles. The molecule has 2 aliphatic rings. The zero-order valence-corrected chi connectivity index (χ0v) is 35.4. The summed E-state index contributed by atoms with van der Waals surface area (Å²) in [5.74, 6) is -9.34. The molecule has 328 valence electrons. The zero-order chi connectivity index (χ0) is 47.2. The summed E-state index contributed by atoms with van der Waals surface area (Å²) in [5, 5.41) is 20.9. The lowest BCUT2D eigenvalue weighted by Crippen LogP contribution is -2.44. The van der Waals surface area contributed by atoms with Crippen LogP contribution in [0.25, 0.3) is 22.3 Å². The first-order valence-electron chi connectivity index (χ1n) is 20.9. The van der Waals surface area contributed by atoms with Gasteiger partial charge in [-0.25, -0.2) is 9.59 Å². The molecule has 0 radical (unpaired) electrons. The average Bonchev–Trinajstić information content (AvgIpc) is 3.85. The molecule has 0 aliphatic carbocycles. The fourth-order valence-corrected chi connectivity index (χ4v) is 8.14. The average molecular weight is 889 g/mol. The van der Waals surface area contributed by atoms with Crippen molar-refractivity contribution < 1.29 is 47.8 Å². The summed E-state index contributed by atoms with van der Waals surface area (Å²) < 4.78 is 10.5. The summed E-state index contributed by atoms with van der Waals surface area (Å²) in [7, 11) is 0. The molecule has 14 heteroatoms. The molecule has 2 fully saturated rings. The predicted molar refractivity (Wildman–Crippen MR) is 241 cm³/mol. The van der Waals surface area contributed by atoms with Crippen LogP contribution in [0.1, 0.15) is 54.3 Å². The molecule has 8 rings (SSSR count). The number of ether oxygens (including phenoxy) is 2. The number of nitriles is 2. The Balaban J connectivity index is 0.879. The SMILES string of the molecule is N#CC(C#N)(C1CC(=O)N(c2ccc(C(=O)OCC(=O)c3ccc(-c4ccccc4)cc3)cc2)C1=O)C1CC(=O)N(c2ccc(C(=O)OCC(=O)c3ccc(-c4ccccc4)cc3)cc2)C1=O. The number of rotatable bonds is 14. The van der Waals surface area contributed by atoms with Gasteiger partial charge < -0.3 is 9.47 Å². The smallest absolute Gasteiger partial charge is 0.338 e. The summed E-state index contributed by atoms with van der Waals surface area (Å²) in [6.07, 6.45) is -1.26. The third kappa shape index (κ3) is 8.87. The number of hydrogen-bond donors (Lipinski definition) is 0. The highest BCUT2D eigenvalue weighted by Gasteiger charge is 2.62. The first kappa shape index (κ1) is 44.5. The normalized spacial score (nSPS) is 15.7. The summed E-state index contributed by atoms with van der Waals surface area (Å²) in [6, 6.07) is 46.7. The second kappa shape index (κ2) is 18.9. The molecular weight excluding hydrogens is 853 g/mol. The molecular formula is C53H36N4O10. The molecule has 2 unspecified atom stereocenters. The molecule has 2 saturated heterocycles. The van der Waals surface area contributed by atoms with Crippen LogP contribution in [-0.2, 0) is 28.7 Å². The van der Waals surface area contributed by atoms with Gasteiger partial charge in [-0.1, -0.05) is 109 Å². The number of esters is 2. The van der Waals surface area contributed by atoms with Crippen molar-refractivity contribution in [3.63, 3.8) is 0 Å². The fourth-order valence-electron chi connectivity index (χ4n) is 8.14. The molecule has 0 spiro atoms. The Morgan fingerprint density at radius 3 is 1.10 bits per heavy atom. The van der Waals surface area contributed by atoms with Crippen LogP contribution in [0, 0.1) is 39.9 Å². The Hall–Kier alpha value is -9.14. The lowest BCUT2D eigenvalue weighted by Gasteiger charge is -2.28. The first-order valence-corrected chi connectivity index (χ1v) is 20.9. The van der Waals surface area contributed by atoms with Gasteiger partial charge in [-0.3, -0.25) is 38.6 Å². The van der Waals surface area contributed by atoms with E-state index in [-0.39, 0.29) is 22.5 Å². The van der Waals surface area contributed by atoms with Gasteiger partial charge >= 0.3 is 11.9 Å². The second-order valence-electron chi connectivity index (χ2n) is 15.7. The van der Waals surface area contributed by atoms with Crippen molar-refractivity contribution in [2.45, 2.75) is 12.8 Å². The summed E-state index contributed by atoms with van der Waals surface area (Å²) >= 11 is 0. The predicted octanol–water partition coefficient (Wildman–Crippen LogP) is 7.59. The number of amides is 4. The third-order valence-corrected chi connectivity index (χ3v) is 11.8. The molecule has 2 heterocycles. The van der Waals surface area contributed by atoms with E-state index in [4.69, 9.17) is 9.47 Å². The maximum absolute atomic E-state index is 14.0. The number of nitrogens with zero attached hydrogens (tertiary/aromatic N) is 4.